The van der Waals surface area contributed by atoms with E-state index in [2.05, 4.69) is 41.7 Å². The molecule has 1 saturated carbocycles. The summed E-state index contributed by atoms with van der Waals surface area (Å²) < 4.78 is 33.5. The average molecular weight is 435 g/mol. The van der Waals surface area contributed by atoms with Crippen LogP contribution in [0, 0.1) is 13.8 Å². The summed E-state index contributed by atoms with van der Waals surface area (Å²) in [5.74, 6) is -0.568. The van der Waals surface area contributed by atoms with E-state index < -0.39 is 16.0 Å². The van der Waals surface area contributed by atoms with Gasteiger partial charge in [0.15, 0.2) is 0 Å². The molecule has 1 aliphatic carbocycles. The average Bonchev–Trinajstić information content (AvgIpc) is 3.39. The third-order valence-corrected chi connectivity index (χ3v) is 8.87. The van der Waals surface area contributed by atoms with Gasteiger partial charge >= 0.3 is 5.97 Å². The molecule has 0 unspecified atom stereocenters. The Morgan fingerprint density at radius 2 is 2.03 bits per heavy atom. The van der Waals surface area contributed by atoms with Gasteiger partial charge in [-0.25, -0.2) is 17.9 Å². The van der Waals surface area contributed by atoms with Crippen molar-refractivity contribution in [2.45, 2.75) is 56.5 Å². The molecule has 0 bridgehead atoms. The summed E-state index contributed by atoms with van der Waals surface area (Å²) in [4.78, 5) is 15.7. The summed E-state index contributed by atoms with van der Waals surface area (Å²) in [5, 5.41) is 0. The number of hydrogen-bond donors (Lipinski definition) is 1. The zero-order valence-electron chi connectivity index (χ0n) is 16.9. The number of methoxy groups -OCH3 is 1. The minimum atomic E-state index is -3.71. The fraction of sp³-hybridized carbons (Fsp3) is 0.476. The number of ether oxygens (including phenoxy) is 1. The molecule has 29 heavy (non-hydrogen) atoms. The van der Waals surface area contributed by atoms with Crippen molar-refractivity contribution in [1.82, 2.24) is 9.62 Å². The smallest absolute Gasteiger partial charge is 0.340 e. The van der Waals surface area contributed by atoms with E-state index >= 15 is 0 Å². The van der Waals surface area contributed by atoms with Gasteiger partial charge in [0.1, 0.15) is 4.21 Å². The first-order chi connectivity index (χ1) is 13.8. The molecule has 0 spiro atoms. The topological polar surface area (TPSA) is 75.7 Å². The fourth-order valence-corrected chi connectivity index (χ4v) is 6.95. The van der Waals surface area contributed by atoms with Crippen LogP contribution >= 0.6 is 11.3 Å². The molecule has 8 heteroatoms. The van der Waals surface area contributed by atoms with Gasteiger partial charge in [-0.3, -0.25) is 4.90 Å². The lowest BCUT2D eigenvalue weighted by Crippen LogP contribution is -2.30. The van der Waals surface area contributed by atoms with E-state index in [0.717, 1.165) is 36.4 Å². The van der Waals surface area contributed by atoms with E-state index in [1.807, 2.05) is 0 Å². The van der Waals surface area contributed by atoms with E-state index in [9.17, 15) is 13.2 Å². The largest absolute Gasteiger partial charge is 0.465 e. The number of esters is 1. The maximum atomic E-state index is 12.9. The van der Waals surface area contributed by atoms with Gasteiger partial charge in [0.25, 0.3) is 10.0 Å². The second kappa shape index (κ2) is 7.83. The Bertz CT molecular complexity index is 1050. The Kier molecular flexibility index (Phi) is 5.54. The van der Waals surface area contributed by atoms with E-state index in [1.54, 1.807) is 0 Å². The van der Waals surface area contributed by atoms with Gasteiger partial charge in [0.05, 0.1) is 12.7 Å². The van der Waals surface area contributed by atoms with Gasteiger partial charge in [0.2, 0.25) is 0 Å². The number of nitrogens with one attached hydrogen (secondary N) is 1. The Morgan fingerprint density at radius 1 is 1.28 bits per heavy atom. The first-order valence-corrected chi connectivity index (χ1v) is 12.1. The molecule has 0 saturated heterocycles. The monoisotopic (exact) mass is 434 g/mol. The number of carbonyl (C=O) groups is 1. The molecule has 156 valence electrons. The molecule has 6 nitrogen and oxygen atoms in total. The molecule has 0 radical (unpaired) electrons. The zero-order valence-corrected chi connectivity index (χ0v) is 18.6. The molecule has 1 N–H and O–H groups in total. The van der Waals surface area contributed by atoms with Crippen LogP contribution in [-0.4, -0.2) is 39.0 Å². The number of fused-ring (bicyclic) bond motifs is 1. The van der Waals surface area contributed by atoms with Crippen molar-refractivity contribution in [2.24, 2.45) is 0 Å². The third kappa shape index (κ3) is 4.26. The van der Waals surface area contributed by atoms with E-state index in [-0.39, 0.29) is 15.8 Å². The van der Waals surface area contributed by atoms with Gasteiger partial charge in [-0.2, -0.15) is 0 Å². The summed E-state index contributed by atoms with van der Waals surface area (Å²) >= 11 is 1.21. The maximum Gasteiger partial charge on any atom is 0.340 e. The lowest BCUT2D eigenvalue weighted by Gasteiger charge is -2.27. The summed E-state index contributed by atoms with van der Waals surface area (Å²) in [6.07, 6.45) is 2.34. The molecular formula is C21H26N2O4S2. The normalized spacial score (nSPS) is 17.2. The van der Waals surface area contributed by atoms with Crippen molar-refractivity contribution in [3.8, 4) is 0 Å². The van der Waals surface area contributed by atoms with Crippen LogP contribution in [0.4, 0.5) is 0 Å². The lowest BCUT2D eigenvalue weighted by atomic mass is 10.0. The van der Waals surface area contributed by atoms with Gasteiger partial charge in [-0.15, -0.1) is 11.3 Å². The Balaban J connectivity index is 1.62. The van der Waals surface area contributed by atoms with Crippen LogP contribution in [-0.2, 0) is 34.3 Å². The number of sulfonamides is 1. The van der Waals surface area contributed by atoms with Crippen molar-refractivity contribution in [3.05, 3.63) is 50.9 Å². The minimum Gasteiger partial charge on any atom is -0.465 e. The lowest BCUT2D eigenvalue weighted by molar-refractivity contribution is 0.0595. The number of benzene rings is 1. The van der Waals surface area contributed by atoms with Crippen LogP contribution in [0.3, 0.4) is 0 Å². The summed E-state index contributed by atoms with van der Waals surface area (Å²) in [6, 6.07) is 6.47. The standard InChI is InChI=1S/C21H26N2O4S2/c1-13-4-5-15(10-14(13)2)11-23-9-8-17-18(12-23)28-21(19(17)20(24)27-3)29(25,26)22-16-6-7-16/h4-5,10,16,22H,6-9,11-12H2,1-3H3. The van der Waals surface area contributed by atoms with Crippen LogP contribution in [0.15, 0.2) is 22.4 Å². The highest BCUT2D eigenvalue weighted by Gasteiger charge is 2.36. The summed E-state index contributed by atoms with van der Waals surface area (Å²) in [6.45, 7) is 6.42. The number of thiophene rings is 1. The van der Waals surface area contributed by atoms with Gasteiger partial charge in [0, 0.05) is 30.6 Å². The van der Waals surface area contributed by atoms with Gasteiger partial charge in [-0.1, -0.05) is 18.2 Å². The van der Waals surface area contributed by atoms with Crippen molar-refractivity contribution in [2.75, 3.05) is 13.7 Å². The molecule has 2 aliphatic rings. The summed E-state index contributed by atoms with van der Waals surface area (Å²) in [5.41, 5.74) is 4.84. The van der Waals surface area contributed by atoms with E-state index in [0.29, 0.717) is 13.0 Å². The van der Waals surface area contributed by atoms with Crippen LogP contribution in [0.2, 0.25) is 0 Å². The molecule has 0 amide bonds. The Labute approximate surface area is 175 Å². The van der Waals surface area contributed by atoms with Crippen LogP contribution in [0.25, 0.3) is 0 Å². The SMILES string of the molecule is COC(=O)c1c(S(=O)(=O)NC2CC2)sc2c1CCN(Cc1ccc(C)c(C)c1)C2. The quantitative estimate of drug-likeness (QED) is 0.707. The van der Waals surface area contributed by atoms with Crippen molar-refractivity contribution in [3.63, 3.8) is 0 Å². The van der Waals surface area contributed by atoms with Crippen molar-refractivity contribution >= 4 is 27.3 Å². The molecule has 1 aromatic carbocycles. The summed E-state index contributed by atoms with van der Waals surface area (Å²) in [7, 11) is -2.42. The molecule has 1 aliphatic heterocycles. The molecule has 4 rings (SSSR count). The Morgan fingerprint density at radius 3 is 2.69 bits per heavy atom. The first-order valence-electron chi connectivity index (χ1n) is 9.82. The molecule has 2 heterocycles. The number of aryl methyl sites for hydroxylation is 2. The van der Waals surface area contributed by atoms with Crippen molar-refractivity contribution < 1.29 is 17.9 Å². The number of carbonyl (C=O) groups excluding carboxylic acids is 1. The van der Waals surface area contributed by atoms with E-state index in [4.69, 9.17) is 4.74 Å². The second-order valence-electron chi connectivity index (χ2n) is 7.93. The third-order valence-electron chi connectivity index (χ3n) is 5.61. The van der Waals surface area contributed by atoms with Crippen LogP contribution in [0.5, 0.6) is 0 Å². The fourth-order valence-electron chi connectivity index (χ4n) is 3.70. The highest BCUT2D eigenvalue weighted by atomic mass is 32.2. The number of hydrogen-bond acceptors (Lipinski definition) is 6. The zero-order chi connectivity index (χ0) is 20.8. The number of rotatable bonds is 6. The van der Waals surface area contributed by atoms with Crippen LogP contribution < -0.4 is 4.72 Å². The Hall–Kier alpha value is -1.74. The first kappa shape index (κ1) is 20.5. The second-order valence-corrected chi connectivity index (χ2v) is 10.9. The maximum absolute atomic E-state index is 12.9. The molecular weight excluding hydrogens is 408 g/mol. The molecule has 0 atom stereocenters. The molecule has 1 fully saturated rings. The highest BCUT2D eigenvalue weighted by Crippen LogP contribution is 2.37. The minimum absolute atomic E-state index is 0.00843. The van der Waals surface area contributed by atoms with Crippen molar-refractivity contribution in [1.29, 1.82) is 0 Å². The molecule has 2 aromatic rings. The molecule has 1 aromatic heterocycles. The van der Waals surface area contributed by atoms with E-state index in [1.165, 1.54) is 35.1 Å². The highest BCUT2D eigenvalue weighted by molar-refractivity contribution is 7.91. The predicted molar refractivity (Wildman–Crippen MR) is 113 cm³/mol. The van der Waals surface area contributed by atoms with Gasteiger partial charge < -0.3 is 4.74 Å². The number of nitrogens with zero attached hydrogens (tertiary/aromatic N) is 1. The van der Waals surface area contributed by atoms with Gasteiger partial charge in [-0.05, 0) is 55.4 Å². The predicted octanol–water partition coefficient (Wildman–Crippen LogP) is 3.15. The van der Waals surface area contributed by atoms with Crippen LogP contribution in [0.1, 0.15) is 50.3 Å².